The lowest BCUT2D eigenvalue weighted by Crippen LogP contribution is -2.17. The molecule has 0 amide bonds. The van der Waals surface area contributed by atoms with E-state index in [0.29, 0.717) is 6.04 Å². The molecule has 0 spiro atoms. The van der Waals surface area contributed by atoms with Gasteiger partial charge in [-0.1, -0.05) is 24.3 Å². The summed E-state index contributed by atoms with van der Waals surface area (Å²) in [6, 6.07) is 8.85. The van der Waals surface area contributed by atoms with E-state index in [-0.39, 0.29) is 0 Å². The first-order chi connectivity index (χ1) is 8.81. The number of nitrogens with one attached hydrogen (secondary N) is 1. The van der Waals surface area contributed by atoms with Crippen molar-refractivity contribution in [2.75, 3.05) is 7.05 Å². The topological polar surface area (TPSA) is 37.8 Å². The highest BCUT2D eigenvalue weighted by molar-refractivity contribution is 5.26. The van der Waals surface area contributed by atoms with Gasteiger partial charge in [-0.2, -0.15) is 0 Å². The van der Waals surface area contributed by atoms with Crippen molar-refractivity contribution in [3.8, 4) is 0 Å². The minimum atomic E-state index is 0.311. The van der Waals surface area contributed by atoms with Gasteiger partial charge >= 0.3 is 0 Å². The first-order valence-electron chi connectivity index (χ1n) is 6.28. The zero-order valence-corrected chi connectivity index (χ0v) is 10.9. The summed E-state index contributed by atoms with van der Waals surface area (Å²) in [5, 5.41) is 3.33. The first-order valence-corrected chi connectivity index (χ1v) is 6.28. The van der Waals surface area contributed by atoms with Crippen molar-refractivity contribution in [1.82, 2.24) is 15.3 Å². The molecule has 0 aliphatic heterocycles. The van der Waals surface area contributed by atoms with Crippen LogP contribution in [-0.4, -0.2) is 17.0 Å². The van der Waals surface area contributed by atoms with Crippen LogP contribution >= 0.6 is 0 Å². The van der Waals surface area contributed by atoms with E-state index < -0.39 is 0 Å². The van der Waals surface area contributed by atoms with Gasteiger partial charge in [-0.15, -0.1) is 0 Å². The molecule has 94 valence electrons. The van der Waals surface area contributed by atoms with Crippen LogP contribution in [0.3, 0.4) is 0 Å². The van der Waals surface area contributed by atoms with Crippen LogP contribution in [0.2, 0.25) is 0 Å². The smallest absolute Gasteiger partial charge is 0.115 e. The van der Waals surface area contributed by atoms with Crippen molar-refractivity contribution in [3.63, 3.8) is 0 Å². The minimum Gasteiger partial charge on any atom is -0.313 e. The molecule has 0 saturated carbocycles. The quantitative estimate of drug-likeness (QED) is 0.874. The van der Waals surface area contributed by atoms with Crippen LogP contribution in [0.5, 0.6) is 0 Å². The molecular formula is C15H19N3. The second kappa shape index (κ2) is 6.26. The van der Waals surface area contributed by atoms with Crippen LogP contribution in [0.4, 0.5) is 0 Å². The summed E-state index contributed by atoms with van der Waals surface area (Å²) in [7, 11) is 1.98. The first kappa shape index (κ1) is 12.7. The molecule has 2 rings (SSSR count). The number of hydrogen-bond acceptors (Lipinski definition) is 3. The van der Waals surface area contributed by atoms with E-state index in [9.17, 15) is 0 Å². The molecular weight excluding hydrogens is 222 g/mol. The largest absolute Gasteiger partial charge is 0.313 e. The Bertz CT molecular complexity index is 482. The summed E-state index contributed by atoms with van der Waals surface area (Å²) >= 11 is 0. The van der Waals surface area contributed by atoms with Crippen LogP contribution in [-0.2, 0) is 6.42 Å². The Morgan fingerprint density at radius 3 is 2.56 bits per heavy atom. The monoisotopic (exact) mass is 241 g/mol. The van der Waals surface area contributed by atoms with Crippen LogP contribution in [0.25, 0.3) is 0 Å². The highest BCUT2D eigenvalue weighted by atomic mass is 14.9. The van der Waals surface area contributed by atoms with E-state index in [0.717, 1.165) is 18.4 Å². The third-order valence-electron chi connectivity index (χ3n) is 3.29. The number of benzene rings is 1. The molecule has 1 aromatic carbocycles. The predicted molar refractivity (Wildman–Crippen MR) is 73.3 cm³/mol. The van der Waals surface area contributed by atoms with Gasteiger partial charge < -0.3 is 5.32 Å². The van der Waals surface area contributed by atoms with Gasteiger partial charge in [0.2, 0.25) is 0 Å². The van der Waals surface area contributed by atoms with Crippen molar-refractivity contribution >= 4 is 0 Å². The van der Waals surface area contributed by atoms with Gasteiger partial charge in [-0.25, -0.2) is 9.97 Å². The molecule has 3 nitrogen and oxygen atoms in total. The lowest BCUT2D eigenvalue weighted by Gasteiger charge is -2.16. The molecule has 0 fully saturated rings. The maximum Gasteiger partial charge on any atom is 0.115 e. The summed E-state index contributed by atoms with van der Waals surface area (Å²) in [6.45, 7) is 2.16. The Hall–Kier alpha value is -1.74. The van der Waals surface area contributed by atoms with Gasteiger partial charge in [0.25, 0.3) is 0 Å². The predicted octanol–water partition coefficient (Wildman–Crippen LogP) is 2.68. The Morgan fingerprint density at radius 2 is 1.89 bits per heavy atom. The average Bonchev–Trinajstić information content (AvgIpc) is 2.42. The third kappa shape index (κ3) is 3.14. The Balaban J connectivity index is 2.02. The maximum atomic E-state index is 4.07. The molecule has 0 saturated heterocycles. The number of aromatic nitrogens is 2. The second-order valence-corrected chi connectivity index (χ2v) is 4.48. The molecule has 1 unspecified atom stereocenters. The molecule has 0 aliphatic carbocycles. The van der Waals surface area contributed by atoms with E-state index in [4.69, 9.17) is 0 Å². The Morgan fingerprint density at radius 1 is 1.17 bits per heavy atom. The van der Waals surface area contributed by atoms with Gasteiger partial charge in [0, 0.05) is 24.0 Å². The van der Waals surface area contributed by atoms with Crippen molar-refractivity contribution in [2.45, 2.75) is 25.8 Å². The van der Waals surface area contributed by atoms with Crippen LogP contribution < -0.4 is 5.32 Å². The van der Waals surface area contributed by atoms with Gasteiger partial charge in [0.05, 0.1) is 0 Å². The lowest BCUT2D eigenvalue weighted by molar-refractivity contribution is 0.545. The SMILES string of the molecule is CNC(CCc1ccccc1C)c1cncnc1. The van der Waals surface area contributed by atoms with Gasteiger partial charge in [0.15, 0.2) is 0 Å². The van der Waals surface area contributed by atoms with Crippen molar-refractivity contribution in [1.29, 1.82) is 0 Å². The molecule has 1 N–H and O–H groups in total. The number of aryl methyl sites for hydroxylation is 2. The third-order valence-corrected chi connectivity index (χ3v) is 3.29. The fraction of sp³-hybridized carbons (Fsp3) is 0.333. The molecule has 0 bridgehead atoms. The zero-order chi connectivity index (χ0) is 12.8. The summed E-state index contributed by atoms with van der Waals surface area (Å²) in [4.78, 5) is 8.15. The number of rotatable bonds is 5. The highest BCUT2D eigenvalue weighted by Gasteiger charge is 2.10. The van der Waals surface area contributed by atoms with Crippen molar-refractivity contribution in [3.05, 3.63) is 59.7 Å². The second-order valence-electron chi connectivity index (χ2n) is 4.48. The van der Waals surface area contributed by atoms with Crippen LogP contribution in [0, 0.1) is 6.92 Å². The summed E-state index contributed by atoms with van der Waals surface area (Å²) in [5.41, 5.74) is 3.92. The van der Waals surface area contributed by atoms with Gasteiger partial charge in [0.1, 0.15) is 6.33 Å². The highest BCUT2D eigenvalue weighted by Crippen LogP contribution is 2.18. The Kier molecular flexibility index (Phi) is 4.42. The summed E-state index contributed by atoms with van der Waals surface area (Å²) in [5.74, 6) is 0. The molecule has 0 aliphatic rings. The standard InChI is InChI=1S/C15H19N3/c1-12-5-3-4-6-13(12)7-8-15(16-2)14-9-17-11-18-10-14/h3-6,9-11,15-16H,7-8H2,1-2H3. The lowest BCUT2D eigenvalue weighted by atomic mass is 9.98. The fourth-order valence-electron chi connectivity index (χ4n) is 2.16. The molecule has 3 heteroatoms. The summed E-state index contributed by atoms with van der Waals surface area (Å²) in [6.07, 6.45) is 7.44. The number of nitrogens with zero attached hydrogens (tertiary/aromatic N) is 2. The number of hydrogen-bond donors (Lipinski definition) is 1. The van der Waals surface area contributed by atoms with Crippen LogP contribution in [0.15, 0.2) is 43.0 Å². The van der Waals surface area contributed by atoms with E-state index in [1.165, 1.54) is 11.1 Å². The van der Waals surface area contributed by atoms with Crippen molar-refractivity contribution in [2.24, 2.45) is 0 Å². The minimum absolute atomic E-state index is 0.311. The molecule has 1 aromatic heterocycles. The van der Waals surface area contributed by atoms with E-state index >= 15 is 0 Å². The summed E-state index contributed by atoms with van der Waals surface area (Å²) < 4.78 is 0. The average molecular weight is 241 g/mol. The Labute approximate surface area is 108 Å². The van der Waals surface area contributed by atoms with E-state index in [1.54, 1.807) is 6.33 Å². The fourth-order valence-corrected chi connectivity index (χ4v) is 2.16. The maximum absolute atomic E-state index is 4.07. The normalized spacial score (nSPS) is 12.3. The molecule has 0 radical (unpaired) electrons. The van der Waals surface area contributed by atoms with E-state index in [2.05, 4.69) is 46.5 Å². The van der Waals surface area contributed by atoms with Gasteiger partial charge in [-0.3, -0.25) is 0 Å². The molecule has 1 atom stereocenters. The molecule has 2 aromatic rings. The zero-order valence-electron chi connectivity index (χ0n) is 10.9. The van der Waals surface area contributed by atoms with Crippen LogP contribution in [0.1, 0.15) is 29.2 Å². The van der Waals surface area contributed by atoms with Crippen molar-refractivity contribution < 1.29 is 0 Å². The molecule has 1 heterocycles. The van der Waals surface area contributed by atoms with E-state index in [1.807, 2.05) is 19.4 Å². The molecule has 18 heavy (non-hydrogen) atoms. The van der Waals surface area contributed by atoms with Gasteiger partial charge in [-0.05, 0) is 37.9 Å².